The van der Waals surface area contributed by atoms with Crippen LogP contribution in [0.1, 0.15) is 374 Å². The number of esters is 3. The number of rotatable bonds is 62. The number of carbonyl (C=O) groups excluding carboxylic acids is 3. The van der Waals surface area contributed by atoms with Crippen molar-refractivity contribution in [3.8, 4) is 0 Å². The third-order valence-electron chi connectivity index (χ3n) is 15.2. The molecule has 1 unspecified atom stereocenters. The molecule has 0 saturated heterocycles. The topological polar surface area (TPSA) is 78.9 Å². The molecule has 6 nitrogen and oxygen atoms in total. The second kappa shape index (κ2) is 63.4. The Bertz CT molecular complexity index is 1190. The van der Waals surface area contributed by atoms with Crippen molar-refractivity contribution in [2.45, 2.75) is 380 Å². The lowest BCUT2D eigenvalue weighted by Crippen LogP contribution is -2.30. The molecule has 74 heavy (non-hydrogen) atoms. The molecule has 0 aliphatic rings. The molecule has 0 saturated carbocycles. The van der Waals surface area contributed by atoms with Crippen LogP contribution in [-0.4, -0.2) is 37.2 Å². The van der Waals surface area contributed by atoms with E-state index in [9.17, 15) is 14.4 Å². The van der Waals surface area contributed by atoms with E-state index in [1.165, 1.54) is 276 Å². The molecule has 0 spiro atoms. The predicted molar refractivity (Wildman–Crippen MR) is 321 cm³/mol. The number of hydrogen-bond donors (Lipinski definition) is 0. The number of unbranched alkanes of at least 4 members (excludes halogenated alkanes) is 47. The highest BCUT2D eigenvalue weighted by Gasteiger charge is 2.19. The predicted octanol–water partition coefficient (Wildman–Crippen LogP) is 22.6. The summed E-state index contributed by atoms with van der Waals surface area (Å²) in [5, 5.41) is 0. The average molecular weight is 1040 g/mol. The van der Waals surface area contributed by atoms with Crippen LogP contribution in [0, 0.1) is 0 Å². The molecule has 0 heterocycles. The lowest BCUT2D eigenvalue weighted by Gasteiger charge is -2.18. The summed E-state index contributed by atoms with van der Waals surface area (Å²) in [6, 6.07) is 0. The molecular formula is C68H128O6. The minimum atomic E-state index is -0.770. The van der Waals surface area contributed by atoms with Gasteiger partial charge in [0.15, 0.2) is 6.10 Å². The fraction of sp³-hybridized carbons (Fsp3) is 0.897. The lowest BCUT2D eigenvalue weighted by atomic mass is 10.0. The van der Waals surface area contributed by atoms with E-state index in [1.54, 1.807) is 0 Å². The average Bonchev–Trinajstić information content (AvgIpc) is 3.40. The van der Waals surface area contributed by atoms with Gasteiger partial charge in [0, 0.05) is 19.3 Å². The van der Waals surface area contributed by atoms with Crippen molar-refractivity contribution in [3.05, 3.63) is 24.3 Å². The molecule has 0 aliphatic carbocycles. The second-order valence-corrected chi connectivity index (χ2v) is 22.7. The van der Waals surface area contributed by atoms with Crippen LogP contribution in [0.15, 0.2) is 24.3 Å². The minimum absolute atomic E-state index is 0.0667. The Labute approximate surface area is 462 Å². The normalized spacial score (nSPS) is 12.1. The van der Waals surface area contributed by atoms with Gasteiger partial charge in [-0.3, -0.25) is 14.4 Å². The Morgan fingerprint density at radius 2 is 0.446 bits per heavy atom. The van der Waals surface area contributed by atoms with Crippen LogP contribution in [0.2, 0.25) is 0 Å². The molecule has 436 valence electrons. The molecule has 0 bridgehead atoms. The maximum absolute atomic E-state index is 12.9. The van der Waals surface area contributed by atoms with Crippen molar-refractivity contribution in [2.75, 3.05) is 13.2 Å². The van der Waals surface area contributed by atoms with Crippen LogP contribution < -0.4 is 0 Å². The number of carbonyl (C=O) groups is 3. The van der Waals surface area contributed by atoms with Gasteiger partial charge in [0.05, 0.1) is 0 Å². The second-order valence-electron chi connectivity index (χ2n) is 22.7. The summed E-state index contributed by atoms with van der Waals surface area (Å²) in [6.45, 7) is 6.70. The van der Waals surface area contributed by atoms with Crippen molar-refractivity contribution in [1.29, 1.82) is 0 Å². The van der Waals surface area contributed by atoms with Gasteiger partial charge in [-0.1, -0.05) is 308 Å². The first-order valence-corrected chi connectivity index (χ1v) is 33.3. The highest BCUT2D eigenvalue weighted by atomic mass is 16.6. The van der Waals surface area contributed by atoms with E-state index in [0.717, 1.165) is 57.8 Å². The maximum Gasteiger partial charge on any atom is 0.306 e. The largest absolute Gasteiger partial charge is 0.462 e. The Kier molecular flexibility index (Phi) is 61.6. The molecule has 0 aromatic heterocycles. The van der Waals surface area contributed by atoms with Crippen molar-refractivity contribution < 1.29 is 28.6 Å². The molecule has 0 rings (SSSR count). The van der Waals surface area contributed by atoms with Gasteiger partial charge in [0.25, 0.3) is 0 Å². The van der Waals surface area contributed by atoms with Crippen LogP contribution in [-0.2, 0) is 28.6 Å². The smallest absolute Gasteiger partial charge is 0.306 e. The molecule has 0 radical (unpaired) electrons. The van der Waals surface area contributed by atoms with Crippen molar-refractivity contribution >= 4 is 17.9 Å². The third-order valence-corrected chi connectivity index (χ3v) is 15.2. The van der Waals surface area contributed by atoms with E-state index in [2.05, 4.69) is 45.1 Å². The highest BCUT2D eigenvalue weighted by Crippen LogP contribution is 2.18. The zero-order chi connectivity index (χ0) is 53.6. The summed E-state index contributed by atoms with van der Waals surface area (Å²) in [5.41, 5.74) is 0. The first kappa shape index (κ1) is 71.9. The van der Waals surface area contributed by atoms with Crippen LogP contribution in [0.4, 0.5) is 0 Å². The van der Waals surface area contributed by atoms with E-state index in [-0.39, 0.29) is 31.1 Å². The zero-order valence-corrected chi connectivity index (χ0v) is 50.1. The number of ether oxygens (including phenoxy) is 3. The zero-order valence-electron chi connectivity index (χ0n) is 50.1. The summed E-state index contributed by atoms with van der Waals surface area (Å²) in [6.07, 6.45) is 76.2. The van der Waals surface area contributed by atoms with E-state index < -0.39 is 6.10 Å². The molecule has 0 fully saturated rings. The molecule has 0 amide bonds. The Morgan fingerprint density at radius 3 is 0.676 bits per heavy atom. The minimum Gasteiger partial charge on any atom is -0.462 e. The van der Waals surface area contributed by atoms with Crippen LogP contribution in [0.3, 0.4) is 0 Å². The maximum atomic E-state index is 12.9. The first-order chi connectivity index (χ1) is 36.5. The van der Waals surface area contributed by atoms with Gasteiger partial charge < -0.3 is 14.2 Å². The molecule has 0 aromatic carbocycles. The van der Waals surface area contributed by atoms with E-state index in [0.29, 0.717) is 19.3 Å². The Hall–Kier alpha value is -2.11. The molecular weight excluding hydrogens is 913 g/mol. The number of allylic oxidation sites excluding steroid dienone is 4. The van der Waals surface area contributed by atoms with Crippen molar-refractivity contribution in [3.63, 3.8) is 0 Å². The molecule has 6 heteroatoms. The van der Waals surface area contributed by atoms with Gasteiger partial charge in [0.1, 0.15) is 13.2 Å². The van der Waals surface area contributed by atoms with Crippen LogP contribution >= 0.6 is 0 Å². The Morgan fingerprint density at radius 1 is 0.257 bits per heavy atom. The van der Waals surface area contributed by atoms with Gasteiger partial charge in [-0.05, 0) is 70.6 Å². The molecule has 0 aliphatic heterocycles. The SMILES string of the molecule is CCCCCCCC/C=C\CCCCCCCCCCCC(=O)OC(COC(=O)CCCCCCCCCCCCC/C=C\CCCCCCCCCC)COC(=O)CCCCCCCCCCCCCCCC. The van der Waals surface area contributed by atoms with Gasteiger partial charge in [-0.25, -0.2) is 0 Å². The highest BCUT2D eigenvalue weighted by molar-refractivity contribution is 5.71. The van der Waals surface area contributed by atoms with E-state index in [4.69, 9.17) is 14.2 Å². The van der Waals surface area contributed by atoms with E-state index in [1.807, 2.05) is 0 Å². The molecule has 0 N–H and O–H groups in total. The fourth-order valence-corrected chi connectivity index (χ4v) is 10.1. The first-order valence-electron chi connectivity index (χ1n) is 33.3. The summed E-state index contributed by atoms with van der Waals surface area (Å²) < 4.78 is 17.0. The van der Waals surface area contributed by atoms with E-state index >= 15 is 0 Å². The van der Waals surface area contributed by atoms with Crippen molar-refractivity contribution in [1.82, 2.24) is 0 Å². The quantitative estimate of drug-likeness (QED) is 0.0261. The summed E-state index contributed by atoms with van der Waals surface area (Å²) >= 11 is 0. The number of hydrogen-bond acceptors (Lipinski definition) is 6. The van der Waals surface area contributed by atoms with Crippen molar-refractivity contribution in [2.24, 2.45) is 0 Å². The molecule has 1 atom stereocenters. The summed E-state index contributed by atoms with van der Waals surface area (Å²) in [4.78, 5) is 38.3. The monoisotopic (exact) mass is 1040 g/mol. The summed E-state index contributed by atoms with van der Waals surface area (Å²) in [5.74, 6) is -0.841. The Balaban J connectivity index is 4.27. The summed E-state index contributed by atoms with van der Waals surface area (Å²) in [7, 11) is 0. The van der Waals surface area contributed by atoms with Crippen LogP contribution in [0.5, 0.6) is 0 Å². The van der Waals surface area contributed by atoms with Crippen LogP contribution in [0.25, 0.3) is 0 Å². The van der Waals surface area contributed by atoms with Gasteiger partial charge in [0.2, 0.25) is 0 Å². The standard InChI is InChI=1S/C68H128O6/c1-4-7-10-13-16-19-22-25-28-30-32-33-34-35-37-38-40-43-46-49-52-55-58-61-67(70)73-64-65(63-72-66(69)60-57-54-51-48-45-42-27-24-21-18-15-12-9-6-3)74-68(71)62-59-56-53-50-47-44-41-39-36-31-29-26-23-20-17-14-11-8-5-2/h26,29-30,32,65H,4-25,27-28,31,33-64H2,1-3H3/b29-26-,32-30-. The fourth-order valence-electron chi connectivity index (χ4n) is 10.1. The third kappa shape index (κ3) is 60.8. The lowest BCUT2D eigenvalue weighted by molar-refractivity contribution is -0.167. The van der Waals surface area contributed by atoms with Gasteiger partial charge in [-0.15, -0.1) is 0 Å². The van der Waals surface area contributed by atoms with Gasteiger partial charge in [-0.2, -0.15) is 0 Å². The van der Waals surface area contributed by atoms with Gasteiger partial charge >= 0.3 is 17.9 Å². The molecule has 0 aromatic rings.